The maximum absolute atomic E-state index is 13.8. The van der Waals surface area contributed by atoms with E-state index in [-0.39, 0.29) is 36.0 Å². The van der Waals surface area contributed by atoms with E-state index in [1.54, 1.807) is 24.0 Å². The molecular formula is C31H38N6O6. The molecule has 12 nitrogen and oxygen atoms in total. The Morgan fingerprint density at radius 3 is 2.53 bits per heavy atom. The first-order chi connectivity index (χ1) is 20.7. The average molecular weight is 591 g/mol. The number of hydrogen-bond acceptors (Lipinski definition) is 8. The zero-order valence-corrected chi connectivity index (χ0v) is 25.1. The molecule has 12 heteroatoms. The van der Waals surface area contributed by atoms with Gasteiger partial charge in [-0.05, 0) is 38.7 Å². The van der Waals surface area contributed by atoms with Gasteiger partial charge in [0.1, 0.15) is 0 Å². The summed E-state index contributed by atoms with van der Waals surface area (Å²) in [6.07, 6.45) is 6.14. The molecule has 3 heterocycles. The number of carbonyl (C=O) groups is 2. The predicted molar refractivity (Wildman–Crippen MR) is 160 cm³/mol. The van der Waals surface area contributed by atoms with Crippen molar-refractivity contribution in [1.29, 1.82) is 0 Å². The van der Waals surface area contributed by atoms with E-state index in [1.807, 2.05) is 32.0 Å². The molecule has 0 aliphatic heterocycles. The Morgan fingerprint density at radius 1 is 1.07 bits per heavy atom. The zero-order chi connectivity index (χ0) is 30.7. The zero-order valence-electron chi connectivity index (χ0n) is 25.1. The second kappa shape index (κ2) is 12.8. The Kier molecular flexibility index (Phi) is 8.93. The Hall–Kier alpha value is -4.48. The van der Waals surface area contributed by atoms with Crippen molar-refractivity contribution in [2.24, 2.45) is 5.92 Å². The average Bonchev–Trinajstić information content (AvgIpc) is 3.61. The summed E-state index contributed by atoms with van der Waals surface area (Å²) in [4.78, 5) is 58.0. The molecule has 1 aromatic carbocycles. The third-order valence-corrected chi connectivity index (χ3v) is 7.78. The van der Waals surface area contributed by atoms with Crippen molar-refractivity contribution in [3.05, 3.63) is 68.6 Å². The number of benzene rings is 1. The number of nitrogens with zero attached hydrogens (tertiary/aromatic N) is 6. The van der Waals surface area contributed by atoms with Crippen LogP contribution in [-0.4, -0.2) is 46.8 Å². The van der Waals surface area contributed by atoms with Gasteiger partial charge < -0.3 is 9.47 Å². The number of ether oxygens (including phenoxy) is 2. The van der Waals surface area contributed by atoms with Crippen molar-refractivity contribution in [3.63, 3.8) is 0 Å². The molecule has 0 bridgehead atoms. The number of aryl methyl sites for hydroxylation is 2. The molecule has 1 fully saturated rings. The van der Waals surface area contributed by atoms with Crippen LogP contribution in [0.15, 0.2) is 46.2 Å². The van der Waals surface area contributed by atoms with Crippen LogP contribution in [0.2, 0.25) is 0 Å². The third-order valence-electron chi connectivity index (χ3n) is 7.78. The maximum atomic E-state index is 13.8. The predicted octanol–water partition coefficient (Wildman–Crippen LogP) is 4.46. The van der Waals surface area contributed by atoms with Crippen LogP contribution in [0.5, 0.6) is 0 Å². The monoisotopic (exact) mass is 590 g/mol. The molecule has 3 aromatic heterocycles. The van der Waals surface area contributed by atoms with Crippen LogP contribution in [0.1, 0.15) is 70.4 Å². The van der Waals surface area contributed by atoms with Crippen LogP contribution in [0.3, 0.4) is 0 Å². The lowest BCUT2D eigenvalue weighted by atomic mass is 9.89. The molecule has 1 unspecified atom stereocenters. The first kappa shape index (κ1) is 30.0. The molecule has 0 spiro atoms. The van der Waals surface area contributed by atoms with E-state index in [0.29, 0.717) is 18.5 Å². The first-order valence-corrected chi connectivity index (χ1v) is 15.0. The lowest BCUT2D eigenvalue weighted by Crippen LogP contribution is -2.41. The molecule has 4 aromatic rings. The van der Waals surface area contributed by atoms with Gasteiger partial charge in [0.05, 0.1) is 24.2 Å². The molecule has 43 heavy (non-hydrogen) atoms. The first-order valence-electron chi connectivity index (χ1n) is 15.0. The van der Waals surface area contributed by atoms with E-state index in [2.05, 4.69) is 16.1 Å². The summed E-state index contributed by atoms with van der Waals surface area (Å²) in [7, 11) is 0. The molecule has 0 radical (unpaired) electrons. The van der Waals surface area contributed by atoms with Gasteiger partial charge in [0.2, 0.25) is 6.29 Å². The van der Waals surface area contributed by atoms with Crippen LogP contribution >= 0.6 is 0 Å². The van der Waals surface area contributed by atoms with E-state index in [0.717, 1.165) is 52.4 Å². The van der Waals surface area contributed by atoms with Crippen molar-refractivity contribution in [2.45, 2.75) is 92.1 Å². The minimum Gasteiger partial charge on any atom is -0.425 e. The number of hydrogen-bond donors (Lipinski definition) is 0. The number of rotatable bonds is 9. The minimum atomic E-state index is -1.20. The number of aromatic nitrogens is 6. The summed E-state index contributed by atoms with van der Waals surface area (Å²) in [6.45, 7) is 7.98. The normalized spacial score (nSPS) is 14.6. The number of imidazole rings is 1. The highest BCUT2D eigenvalue weighted by Gasteiger charge is 2.30. The molecule has 1 atom stereocenters. The molecule has 1 saturated carbocycles. The molecule has 0 N–H and O–H groups in total. The van der Waals surface area contributed by atoms with Crippen LogP contribution in [-0.2, 0) is 33.9 Å². The van der Waals surface area contributed by atoms with Crippen molar-refractivity contribution in [3.8, 4) is 11.4 Å². The van der Waals surface area contributed by atoms with Gasteiger partial charge in [0.15, 0.2) is 17.0 Å². The van der Waals surface area contributed by atoms with Crippen LogP contribution in [0.25, 0.3) is 22.6 Å². The van der Waals surface area contributed by atoms with Gasteiger partial charge in [0.25, 0.3) is 5.56 Å². The van der Waals surface area contributed by atoms with E-state index >= 15 is 0 Å². The summed E-state index contributed by atoms with van der Waals surface area (Å²) in [5, 5.41) is 4.46. The number of carbonyl (C=O) groups excluding carboxylic acids is 2. The molecule has 1 aliphatic rings. The maximum Gasteiger partial charge on any atom is 0.423 e. The fourth-order valence-electron chi connectivity index (χ4n) is 5.70. The highest BCUT2D eigenvalue weighted by Crippen LogP contribution is 2.26. The van der Waals surface area contributed by atoms with Gasteiger partial charge in [-0.1, -0.05) is 56.0 Å². The van der Waals surface area contributed by atoms with Crippen molar-refractivity contribution >= 4 is 23.2 Å². The largest absolute Gasteiger partial charge is 0.425 e. The quantitative estimate of drug-likeness (QED) is 0.206. The van der Waals surface area contributed by atoms with Gasteiger partial charge in [-0.3, -0.25) is 23.4 Å². The molecule has 0 saturated heterocycles. The highest BCUT2D eigenvalue weighted by atomic mass is 16.7. The van der Waals surface area contributed by atoms with E-state index < -0.39 is 29.6 Å². The summed E-state index contributed by atoms with van der Waals surface area (Å²) < 4.78 is 16.3. The lowest BCUT2D eigenvalue weighted by Gasteiger charge is -2.22. The van der Waals surface area contributed by atoms with Crippen molar-refractivity contribution in [1.82, 2.24) is 28.5 Å². The molecular weight excluding hydrogens is 552 g/mol. The Labute approximate surface area is 248 Å². The fourth-order valence-corrected chi connectivity index (χ4v) is 5.70. The van der Waals surface area contributed by atoms with Gasteiger partial charge in [-0.2, -0.15) is 5.10 Å². The summed E-state index contributed by atoms with van der Waals surface area (Å²) in [6, 6.07) is 8.03. The Bertz CT molecular complexity index is 1760. The van der Waals surface area contributed by atoms with Gasteiger partial charge >= 0.3 is 17.8 Å². The van der Waals surface area contributed by atoms with E-state index in [1.165, 1.54) is 11.5 Å². The van der Waals surface area contributed by atoms with Crippen LogP contribution in [0, 0.1) is 12.8 Å². The second-order valence-electron chi connectivity index (χ2n) is 11.1. The second-order valence-corrected chi connectivity index (χ2v) is 11.1. The minimum absolute atomic E-state index is 0.0649. The van der Waals surface area contributed by atoms with Crippen LogP contribution in [0.4, 0.5) is 4.79 Å². The van der Waals surface area contributed by atoms with E-state index in [9.17, 15) is 19.2 Å². The highest BCUT2D eigenvalue weighted by molar-refractivity contribution is 5.90. The fraction of sp³-hybridized carbons (Fsp3) is 0.484. The van der Waals surface area contributed by atoms with Crippen LogP contribution < -0.4 is 11.2 Å². The third kappa shape index (κ3) is 6.18. The van der Waals surface area contributed by atoms with Gasteiger partial charge in [-0.15, -0.1) is 0 Å². The van der Waals surface area contributed by atoms with Crippen molar-refractivity contribution in [2.75, 3.05) is 0 Å². The summed E-state index contributed by atoms with van der Waals surface area (Å²) in [5.74, 6) is -0.536. The van der Waals surface area contributed by atoms with Gasteiger partial charge in [0, 0.05) is 26.2 Å². The summed E-state index contributed by atoms with van der Waals surface area (Å²) >= 11 is 0. The van der Waals surface area contributed by atoms with E-state index in [4.69, 9.17) is 9.47 Å². The Balaban J connectivity index is 1.56. The SMILES string of the molecule is CCCn1c(=O)c2c(nc(-c3cnn(Cc4cccc(C)c4)c3)n2C(=O)OC(C)OC(=O)C2CCCCC2)n(CC)c1=O. The smallest absolute Gasteiger partial charge is 0.423 e. The standard InChI is InChI=1S/C31H38N6O6/c1-5-15-36-28(38)25-27(35(6-2)30(36)40)33-26(24-17-32-34(19-24)18-22-12-10-11-20(3)16-22)37(25)31(41)43-21(4)42-29(39)23-13-8-7-9-14-23/h10-12,16-17,19,21,23H,5-9,13-15,18H2,1-4H3. The topological polar surface area (TPSA) is 132 Å². The summed E-state index contributed by atoms with van der Waals surface area (Å²) in [5.41, 5.74) is 1.43. The van der Waals surface area contributed by atoms with Gasteiger partial charge in [-0.25, -0.2) is 19.1 Å². The molecule has 0 amide bonds. The number of esters is 1. The molecule has 1 aliphatic carbocycles. The number of fused-ring (bicyclic) bond motifs is 1. The van der Waals surface area contributed by atoms with Crippen molar-refractivity contribution < 1.29 is 19.1 Å². The molecule has 5 rings (SSSR count). The Morgan fingerprint density at radius 2 is 1.84 bits per heavy atom. The molecule has 228 valence electrons. The lowest BCUT2D eigenvalue weighted by molar-refractivity contribution is -0.170.